The Labute approximate surface area is 174 Å². The fourth-order valence-corrected chi connectivity index (χ4v) is 3.62. The van der Waals surface area contributed by atoms with Crippen molar-refractivity contribution in [2.45, 2.75) is 27.7 Å². The SMILES string of the molecule is Cc1ccc(-n2c(C)cc(C(=O)COC(=O)c3cn4ccccc4n3)c2C)cc1C. The Morgan fingerprint density at radius 2 is 1.80 bits per heavy atom. The average molecular weight is 401 g/mol. The van der Waals surface area contributed by atoms with Crippen molar-refractivity contribution in [3.63, 3.8) is 0 Å². The van der Waals surface area contributed by atoms with Crippen LogP contribution in [0.3, 0.4) is 0 Å². The van der Waals surface area contributed by atoms with Gasteiger partial charge in [0.1, 0.15) is 5.65 Å². The number of hydrogen-bond donors (Lipinski definition) is 0. The summed E-state index contributed by atoms with van der Waals surface area (Å²) in [6.45, 7) is 7.67. The smallest absolute Gasteiger partial charge is 0.359 e. The van der Waals surface area contributed by atoms with E-state index in [0.717, 1.165) is 17.1 Å². The van der Waals surface area contributed by atoms with Crippen LogP contribution in [0.1, 0.15) is 43.4 Å². The van der Waals surface area contributed by atoms with Crippen LogP contribution in [-0.4, -0.2) is 32.3 Å². The van der Waals surface area contributed by atoms with E-state index in [1.54, 1.807) is 22.9 Å². The highest BCUT2D eigenvalue weighted by molar-refractivity contribution is 6.00. The Morgan fingerprint density at radius 1 is 1.00 bits per heavy atom. The fraction of sp³-hybridized carbons (Fsp3) is 0.208. The molecule has 0 N–H and O–H groups in total. The third-order valence-electron chi connectivity index (χ3n) is 5.39. The molecule has 0 aliphatic heterocycles. The molecule has 3 aromatic heterocycles. The van der Waals surface area contributed by atoms with E-state index in [2.05, 4.69) is 31.0 Å². The second-order valence-electron chi connectivity index (χ2n) is 7.48. The summed E-state index contributed by atoms with van der Waals surface area (Å²) in [5.74, 6) is -0.856. The van der Waals surface area contributed by atoms with Crippen molar-refractivity contribution in [2.24, 2.45) is 0 Å². The lowest BCUT2D eigenvalue weighted by Crippen LogP contribution is -2.15. The lowest BCUT2D eigenvalue weighted by molar-refractivity contribution is 0.0469. The number of ether oxygens (including phenoxy) is 1. The van der Waals surface area contributed by atoms with Crippen molar-refractivity contribution in [1.29, 1.82) is 0 Å². The first-order valence-electron chi connectivity index (χ1n) is 9.76. The first kappa shape index (κ1) is 19.6. The summed E-state index contributed by atoms with van der Waals surface area (Å²) < 4.78 is 9.02. The second-order valence-corrected chi connectivity index (χ2v) is 7.48. The van der Waals surface area contributed by atoms with Crippen molar-refractivity contribution < 1.29 is 14.3 Å². The molecule has 30 heavy (non-hydrogen) atoms. The highest BCUT2D eigenvalue weighted by atomic mass is 16.5. The molecule has 152 valence electrons. The molecule has 0 radical (unpaired) electrons. The Hall–Kier alpha value is -3.67. The van der Waals surface area contributed by atoms with Crippen molar-refractivity contribution in [2.75, 3.05) is 6.61 Å². The molecule has 0 unspecified atom stereocenters. The first-order chi connectivity index (χ1) is 14.3. The van der Waals surface area contributed by atoms with Crippen LogP contribution in [0.2, 0.25) is 0 Å². The number of esters is 1. The summed E-state index contributed by atoms with van der Waals surface area (Å²) >= 11 is 0. The topological polar surface area (TPSA) is 65.6 Å². The van der Waals surface area contributed by atoms with Gasteiger partial charge in [0.25, 0.3) is 0 Å². The number of benzene rings is 1. The molecule has 3 heterocycles. The van der Waals surface area contributed by atoms with Crippen LogP contribution < -0.4 is 0 Å². The number of aromatic nitrogens is 3. The number of imidazole rings is 1. The number of fused-ring (bicyclic) bond motifs is 1. The standard InChI is InChI=1S/C24H23N3O3/c1-15-8-9-19(11-16(15)2)27-17(3)12-20(18(27)4)22(28)14-30-24(29)21-13-26-10-6-5-7-23(26)25-21/h5-13H,14H2,1-4H3. The van der Waals surface area contributed by atoms with Gasteiger partial charge in [0, 0.05) is 35.0 Å². The normalized spacial score (nSPS) is 11.1. The highest BCUT2D eigenvalue weighted by Crippen LogP contribution is 2.23. The van der Waals surface area contributed by atoms with Gasteiger partial charge in [-0.15, -0.1) is 0 Å². The molecule has 0 fully saturated rings. The molecular formula is C24H23N3O3. The van der Waals surface area contributed by atoms with Gasteiger partial charge < -0.3 is 13.7 Å². The molecule has 0 amide bonds. The number of ketones is 1. The summed E-state index contributed by atoms with van der Waals surface area (Å²) in [5, 5.41) is 0. The molecule has 4 rings (SSSR count). The third-order valence-corrected chi connectivity index (χ3v) is 5.39. The Balaban J connectivity index is 1.52. The number of carbonyl (C=O) groups is 2. The van der Waals surface area contributed by atoms with Crippen LogP contribution in [0.5, 0.6) is 0 Å². The molecule has 6 nitrogen and oxygen atoms in total. The molecule has 0 spiro atoms. The Morgan fingerprint density at radius 3 is 2.53 bits per heavy atom. The third kappa shape index (κ3) is 3.52. The molecule has 1 aromatic carbocycles. The van der Waals surface area contributed by atoms with E-state index in [-0.39, 0.29) is 18.1 Å². The lowest BCUT2D eigenvalue weighted by Gasteiger charge is -2.12. The minimum Gasteiger partial charge on any atom is -0.453 e. The van der Waals surface area contributed by atoms with E-state index in [9.17, 15) is 9.59 Å². The summed E-state index contributed by atoms with van der Waals surface area (Å²) in [7, 11) is 0. The van der Waals surface area contributed by atoms with Gasteiger partial charge in [0.2, 0.25) is 5.78 Å². The van der Waals surface area contributed by atoms with Gasteiger partial charge in [-0.3, -0.25) is 4.79 Å². The van der Waals surface area contributed by atoms with Gasteiger partial charge in [-0.25, -0.2) is 9.78 Å². The zero-order chi connectivity index (χ0) is 21.4. The van der Waals surface area contributed by atoms with E-state index < -0.39 is 5.97 Å². The maximum atomic E-state index is 12.8. The zero-order valence-electron chi connectivity index (χ0n) is 17.5. The molecule has 0 aliphatic carbocycles. The number of nitrogens with zero attached hydrogens (tertiary/aromatic N) is 3. The maximum absolute atomic E-state index is 12.8. The largest absolute Gasteiger partial charge is 0.453 e. The van der Waals surface area contributed by atoms with E-state index in [1.807, 2.05) is 42.7 Å². The number of hydrogen-bond acceptors (Lipinski definition) is 4. The number of rotatable bonds is 5. The quantitative estimate of drug-likeness (QED) is 0.367. The summed E-state index contributed by atoms with van der Waals surface area (Å²) in [6, 6.07) is 13.5. The first-order valence-corrected chi connectivity index (χ1v) is 9.76. The molecular weight excluding hydrogens is 378 g/mol. The average Bonchev–Trinajstić information content (AvgIpc) is 3.29. The predicted molar refractivity (Wildman–Crippen MR) is 115 cm³/mol. The van der Waals surface area contributed by atoms with Gasteiger partial charge >= 0.3 is 5.97 Å². The molecule has 4 aromatic rings. The Kier molecular flexibility index (Phi) is 4.99. The van der Waals surface area contributed by atoms with E-state index in [1.165, 1.54) is 11.1 Å². The van der Waals surface area contributed by atoms with Crippen LogP contribution in [-0.2, 0) is 4.74 Å². The van der Waals surface area contributed by atoms with Crippen molar-refractivity contribution in [3.8, 4) is 5.69 Å². The predicted octanol–water partition coefficient (Wildman–Crippen LogP) is 4.40. The summed E-state index contributed by atoms with van der Waals surface area (Å²) in [6.07, 6.45) is 3.39. The molecule has 0 saturated heterocycles. The fourth-order valence-electron chi connectivity index (χ4n) is 3.62. The van der Waals surface area contributed by atoms with Gasteiger partial charge in [0.15, 0.2) is 12.3 Å². The van der Waals surface area contributed by atoms with Crippen LogP contribution in [0.15, 0.2) is 54.9 Å². The summed E-state index contributed by atoms with van der Waals surface area (Å²) in [5.41, 5.74) is 6.56. The van der Waals surface area contributed by atoms with Gasteiger partial charge in [-0.2, -0.15) is 0 Å². The molecule has 6 heteroatoms. The van der Waals surface area contributed by atoms with E-state index >= 15 is 0 Å². The van der Waals surface area contributed by atoms with Gasteiger partial charge in [-0.1, -0.05) is 12.1 Å². The minimum atomic E-state index is -0.616. The Bertz CT molecular complexity index is 1250. The molecule has 0 aliphatic rings. The lowest BCUT2D eigenvalue weighted by atomic mass is 10.1. The summed E-state index contributed by atoms with van der Waals surface area (Å²) in [4.78, 5) is 29.3. The van der Waals surface area contributed by atoms with E-state index in [0.29, 0.717) is 11.2 Å². The minimum absolute atomic E-state index is 0.176. The van der Waals surface area contributed by atoms with E-state index in [4.69, 9.17) is 4.74 Å². The highest BCUT2D eigenvalue weighted by Gasteiger charge is 2.20. The second kappa shape index (κ2) is 7.63. The zero-order valence-corrected chi connectivity index (χ0v) is 17.5. The number of pyridine rings is 1. The molecule has 0 atom stereocenters. The number of Topliss-reactive ketones (excluding diaryl/α,β-unsaturated/α-hetero) is 1. The van der Waals surface area contributed by atoms with Crippen LogP contribution >= 0.6 is 0 Å². The number of carbonyl (C=O) groups excluding carboxylic acids is 2. The maximum Gasteiger partial charge on any atom is 0.359 e. The van der Waals surface area contributed by atoms with Gasteiger partial charge in [0.05, 0.1) is 0 Å². The monoisotopic (exact) mass is 401 g/mol. The molecule has 0 bridgehead atoms. The van der Waals surface area contributed by atoms with Crippen molar-refractivity contribution >= 4 is 17.4 Å². The van der Waals surface area contributed by atoms with Crippen molar-refractivity contribution in [1.82, 2.24) is 14.0 Å². The van der Waals surface area contributed by atoms with Crippen LogP contribution in [0, 0.1) is 27.7 Å². The van der Waals surface area contributed by atoms with Crippen molar-refractivity contribution in [3.05, 3.63) is 88.6 Å². The van der Waals surface area contributed by atoms with Crippen LogP contribution in [0.4, 0.5) is 0 Å². The number of aryl methyl sites for hydroxylation is 3. The van der Waals surface area contributed by atoms with Gasteiger partial charge in [-0.05, 0) is 69.2 Å². The molecule has 0 saturated carbocycles. The van der Waals surface area contributed by atoms with Crippen LogP contribution in [0.25, 0.3) is 11.3 Å².